The fourth-order valence-electron chi connectivity index (χ4n) is 3.07. The van der Waals surface area contributed by atoms with Gasteiger partial charge in [-0.3, -0.25) is 4.79 Å². The van der Waals surface area contributed by atoms with Gasteiger partial charge >= 0.3 is 0 Å². The molecule has 6 heteroatoms. The zero-order chi connectivity index (χ0) is 13.9. The van der Waals surface area contributed by atoms with E-state index in [2.05, 4.69) is 5.32 Å². The maximum atomic E-state index is 11.8. The van der Waals surface area contributed by atoms with Gasteiger partial charge in [0, 0.05) is 18.5 Å². The van der Waals surface area contributed by atoms with Crippen LogP contribution in [-0.2, 0) is 14.6 Å². The van der Waals surface area contributed by atoms with Crippen LogP contribution in [0.2, 0.25) is 0 Å². The van der Waals surface area contributed by atoms with Gasteiger partial charge in [-0.1, -0.05) is 19.3 Å². The quantitative estimate of drug-likeness (QED) is 0.792. The van der Waals surface area contributed by atoms with Gasteiger partial charge in [0.25, 0.3) is 0 Å². The van der Waals surface area contributed by atoms with Gasteiger partial charge in [0.05, 0.1) is 11.5 Å². The molecule has 0 radical (unpaired) electrons. The van der Waals surface area contributed by atoms with E-state index in [0.717, 1.165) is 25.7 Å². The lowest BCUT2D eigenvalue weighted by molar-refractivity contribution is -0.122. The summed E-state index contributed by atoms with van der Waals surface area (Å²) in [6.45, 7) is 0.519. The van der Waals surface area contributed by atoms with Crippen LogP contribution >= 0.6 is 0 Å². The normalized spacial score (nSPS) is 29.0. The van der Waals surface area contributed by atoms with Crippen LogP contribution in [-0.4, -0.2) is 37.9 Å². The summed E-state index contributed by atoms with van der Waals surface area (Å²) < 4.78 is 22.7. The summed E-state index contributed by atoms with van der Waals surface area (Å²) in [6, 6.07) is 0. The molecule has 3 N–H and O–H groups in total. The molecule has 0 spiro atoms. The van der Waals surface area contributed by atoms with Crippen LogP contribution in [0.5, 0.6) is 0 Å². The summed E-state index contributed by atoms with van der Waals surface area (Å²) >= 11 is 0. The second-order valence-corrected chi connectivity index (χ2v) is 8.40. The van der Waals surface area contributed by atoms with Crippen molar-refractivity contribution in [3.05, 3.63) is 0 Å². The Labute approximate surface area is 115 Å². The van der Waals surface area contributed by atoms with Crippen molar-refractivity contribution in [1.29, 1.82) is 0 Å². The van der Waals surface area contributed by atoms with Gasteiger partial charge < -0.3 is 11.1 Å². The summed E-state index contributed by atoms with van der Waals surface area (Å²) in [7, 11) is -2.89. The van der Waals surface area contributed by atoms with Crippen molar-refractivity contribution in [2.45, 2.75) is 50.5 Å². The smallest absolute Gasteiger partial charge is 0.220 e. The Morgan fingerprint density at radius 1 is 1.26 bits per heavy atom. The van der Waals surface area contributed by atoms with E-state index in [1.54, 1.807) is 0 Å². The Balaban J connectivity index is 1.73. The average Bonchev–Trinajstić information content (AvgIpc) is 2.67. The Morgan fingerprint density at radius 3 is 2.53 bits per heavy atom. The van der Waals surface area contributed by atoms with Gasteiger partial charge in [0.2, 0.25) is 5.91 Å². The van der Waals surface area contributed by atoms with Gasteiger partial charge in [0.1, 0.15) is 0 Å². The Hall–Kier alpha value is -0.620. The topological polar surface area (TPSA) is 89.3 Å². The van der Waals surface area contributed by atoms with Crippen LogP contribution in [0, 0.1) is 5.92 Å². The van der Waals surface area contributed by atoms with E-state index in [-0.39, 0.29) is 28.9 Å². The van der Waals surface area contributed by atoms with Crippen molar-refractivity contribution in [2.24, 2.45) is 11.7 Å². The molecular formula is C13H24N2O3S. The van der Waals surface area contributed by atoms with E-state index in [4.69, 9.17) is 5.73 Å². The first kappa shape index (κ1) is 14.8. The predicted octanol–water partition coefficient (Wildman–Crippen LogP) is 0.589. The third kappa shape index (κ3) is 4.45. The van der Waals surface area contributed by atoms with E-state index < -0.39 is 9.84 Å². The lowest BCUT2D eigenvalue weighted by Gasteiger charge is -2.33. The van der Waals surface area contributed by atoms with Gasteiger partial charge in [0.15, 0.2) is 9.84 Å². The lowest BCUT2D eigenvalue weighted by Crippen LogP contribution is -2.51. The Bertz CT molecular complexity index is 427. The van der Waals surface area contributed by atoms with Gasteiger partial charge in [-0.2, -0.15) is 0 Å². The van der Waals surface area contributed by atoms with Crippen LogP contribution in [0.3, 0.4) is 0 Å². The highest BCUT2D eigenvalue weighted by Crippen LogP contribution is 2.25. The zero-order valence-electron chi connectivity index (χ0n) is 11.4. The number of amides is 1. The maximum absolute atomic E-state index is 11.8. The molecule has 5 nitrogen and oxygen atoms in total. The molecule has 0 bridgehead atoms. The SMILES string of the molecule is NC1(CNC(=O)CC2CCS(=O)(=O)C2)CCCCC1. The summed E-state index contributed by atoms with van der Waals surface area (Å²) in [6.07, 6.45) is 6.35. The molecule has 2 aliphatic rings. The predicted molar refractivity (Wildman–Crippen MR) is 74.4 cm³/mol. The summed E-state index contributed by atoms with van der Waals surface area (Å²) in [5.74, 6) is 0.322. The fourth-order valence-corrected chi connectivity index (χ4v) is 4.94. The van der Waals surface area contributed by atoms with E-state index in [9.17, 15) is 13.2 Å². The summed E-state index contributed by atoms with van der Waals surface area (Å²) in [5.41, 5.74) is 5.99. The highest BCUT2D eigenvalue weighted by molar-refractivity contribution is 7.91. The maximum Gasteiger partial charge on any atom is 0.220 e. The summed E-state index contributed by atoms with van der Waals surface area (Å²) in [4.78, 5) is 11.8. The van der Waals surface area contributed by atoms with Crippen molar-refractivity contribution < 1.29 is 13.2 Å². The molecule has 1 aliphatic heterocycles. The standard InChI is InChI=1S/C13H24N2O3S/c14-13(5-2-1-3-6-13)10-15-12(16)8-11-4-7-19(17,18)9-11/h11H,1-10,14H2,(H,15,16). The molecule has 1 amide bonds. The van der Waals surface area contributed by atoms with Crippen molar-refractivity contribution in [3.63, 3.8) is 0 Å². The molecule has 0 aromatic heterocycles. The molecular weight excluding hydrogens is 264 g/mol. The number of carbonyl (C=O) groups is 1. The average molecular weight is 288 g/mol. The van der Waals surface area contributed by atoms with E-state index in [0.29, 0.717) is 19.4 Å². The summed E-state index contributed by atoms with van der Waals surface area (Å²) in [5, 5.41) is 2.89. The van der Waals surface area contributed by atoms with Crippen LogP contribution in [0.25, 0.3) is 0 Å². The van der Waals surface area contributed by atoms with Gasteiger partial charge in [-0.25, -0.2) is 8.42 Å². The monoisotopic (exact) mass is 288 g/mol. The van der Waals surface area contributed by atoms with Gasteiger partial charge in [-0.05, 0) is 25.2 Å². The minimum absolute atomic E-state index is 0.00918. The molecule has 1 saturated heterocycles. The molecule has 1 heterocycles. The fraction of sp³-hybridized carbons (Fsp3) is 0.923. The third-order valence-electron chi connectivity index (χ3n) is 4.29. The van der Waals surface area contributed by atoms with Crippen LogP contribution in [0.15, 0.2) is 0 Å². The molecule has 110 valence electrons. The first-order chi connectivity index (χ1) is 8.89. The van der Waals surface area contributed by atoms with Crippen molar-refractivity contribution in [1.82, 2.24) is 5.32 Å². The number of hydrogen-bond donors (Lipinski definition) is 2. The molecule has 1 saturated carbocycles. The first-order valence-electron chi connectivity index (χ1n) is 7.15. The molecule has 1 aliphatic carbocycles. The van der Waals surface area contributed by atoms with E-state index in [1.807, 2.05) is 0 Å². The van der Waals surface area contributed by atoms with Crippen molar-refractivity contribution in [2.75, 3.05) is 18.1 Å². The number of nitrogens with one attached hydrogen (secondary N) is 1. The molecule has 1 unspecified atom stereocenters. The molecule has 0 aromatic carbocycles. The van der Waals surface area contributed by atoms with Crippen molar-refractivity contribution in [3.8, 4) is 0 Å². The van der Waals surface area contributed by atoms with E-state index >= 15 is 0 Å². The minimum atomic E-state index is -2.89. The molecule has 0 aromatic rings. The Kier molecular flexibility index (Phi) is 4.50. The second-order valence-electron chi connectivity index (χ2n) is 6.17. The van der Waals surface area contributed by atoms with Crippen LogP contribution in [0.4, 0.5) is 0 Å². The lowest BCUT2D eigenvalue weighted by atomic mass is 9.82. The van der Waals surface area contributed by atoms with Crippen molar-refractivity contribution >= 4 is 15.7 Å². The third-order valence-corrected chi connectivity index (χ3v) is 6.12. The number of carbonyl (C=O) groups excluding carboxylic acids is 1. The number of hydrogen-bond acceptors (Lipinski definition) is 4. The molecule has 2 fully saturated rings. The Morgan fingerprint density at radius 2 is 1.95 bits per heavy atom. The number of rotatable bonds is 4. The largest absolute Gasteiger partial charge is 0.354 e. The number of sulfone groups is 1. The highest BCUT2D eigenvalue weighted by atomic mass is 32.2. The second kappa shape index (κ2) is 5.79. The molecule has 19 heavy (non-hydrogen) atoms. The van der Waals surface area contributed by atoms with Crippen LogP contribution < -0.4 is 11.1 Å². The minimum Gasteiger partial charge on any atom is -0.354 e. The first-order valence-corrected chi connectivity index (χ1v) is 8.97. The zero-order valence-corrected chi connectivity index (χ0v) is 12.2. The van der Waals surface area contributed by atoms with E-state index in [1.165, 1.54) is 6.42 Å². The number of nitrogens with two attached hydrogens (primary N) is 1. The van der Waals surface area contributed by atoms with Gasteiger partial charge in [-0.15, -0.1) is 0 Å². The highest BCUT2D eigenvalue weighted by Gasteiger charge is 2.31. The molecule has 2 rings (SSSR count). The molecule has 1 atom stereocenters. The van der Waals surface area contributed by atoms with Crippen LogP contribution in [0.1, 0.15) is 44.9 Å².